The largest absolute Gasteiger partial charge is 0.527 e. The van der Waals surface area contributed by atoms with Gasteiger partial charge in [-0.3, -0.25) is 32.9 Å². The number of hydrogen-bond donors (Lipinski definition) is 12. The predicted molar refractivity (Wildman–Crippen MR) is 192 cm³/mol. The second kappa shape index (κ2) is 20.5. The van der Waals surface area contributed by atoms with Crippen LogP contribution in [0.3, 0.4) is 0 Å². The maximum Gasteiger partial charge on any atom is 0.527 e. The first-order chi connectivity index (χ1) is 27.1. The van der Waals surface area contributed by atoms with E-state index in [1.54, 1.807) is 6.92 Å². The molecule has 1 aliphatic heterocycles. The van der Waals surface area contributed by atoms with Gasteiger partial charge in [-0.25, -0.2) is 28.6 Å². The van der Waals surface area contributed by atoms with Gasteiger partial charge >= 0.3 is 29.4 Å². The lowest BCUT2D eigenvalue weighted by Crippen LogP contribution is -2.57. The quantitative estimate of drug-likeness (QED) is 0.0176. The molecule has 2 aromatic heterocycles. The molecular formula is C26H44N7O22P3S. The number of phosphoric ester groups is 2. The smallest absolute Gasteiger partial charge is 0.393 e. The molecule has 0 bridgehead atoms. The lowest BCUT2D eigenvalue weighted by atomic mass is 9.83. The molecule has 13 N–H and O–H groups in total. The zero-order valence-corrected chi connectivity index (χ0v) is 34.7. The Labute approximate surface area is 336 Å². The highest BCUT2D eigenvalue weighted by molar-refractivity contribution is 8.13. The van der Waals surface area contributed by atoms with Gasteiger partial charge in [-0.15, -0.1) is 14.0 Å². The van der Waals surface area contributed by atoms with Gasteiger partial charge in [-0.05, 0) is 20.8 Å². The molecule has 9 atom stereocenters. The van der Waals surface area contributed by atoms with Gasteiger partial charge in [0.2, 0.25) is 11.8 Å². The molecule has 0 aliphatic carbocycles. The summed E-state index contributed by atoms with van der Waals surface area (Å²) in [7, 11) is -16.9. The van der Waals surface area contributed by atoms with E-state index in [0.717, 1.165) is 42.8 Å². The molecule has 1 aliphatic rings. The maximum absolute atomic E-state index is 12.5. The number of amides is 2. The predicted octanol–water partition coefficient (Wildman–Crippen LogP) is -2.82. The van der Waals surface area contributed by atoms with E-state index in [0.29, 0.717) is 0 Å². The molecule has 33 heteroatoms. The lowest BCUT2D eigenvalue weighted by Gasteiger charge is -2.38. The number of nitrogens with one attached hydrogen (secondary N) is 2. The summed E-state index contributed by atoms with van der Waals surface area (Å²) in [6, 6.07) is 0. The van der Waals surface area contributed by atoms with E-state index in [9.17, 15) is 73.2 Å². The number of aromatic nitrogens is 4. The summed E-state index contributed by atoms with van der Waals surface area (Å²) in [5, 5.41) is 55.9. The molecule has 2 amide bonds. The van der Waals surface area contributed by atoms with E-state index in [1.807, 2.05) is 0 Å². The van der Waals surface area contributed by atoms with Crippen molar-refractivity contribution in [2.45, 2.75) is 76.8 Å². The average Bonchev–Trinajstić information content (AvgIpc) is 3.70. The first-order valence-corrected chi connectivity index (χ1v) is 22.2. The molecule has 0 spiro atoms. The minimum Gasteiger partial charge on any atom is -0.393 e. The van der Waals surface area contributed by atoms with Crippen molar-refractivity contribution >= 4 is 69.1 Å². The van der Waals surface area contributed by atoms with Crippen LogP contribution in [-0.4, -0.2) is 143 Å². The number of rotatable bonds is 23. The Morgan fingerprint density at radius 2 is 1.64 bits per heavy atom. The van der Waals surface area contributed by atoms with Crippen LogP contribution >= 0.6 is 35.2 Å². The summed E-state index contributed by atoms with van der Waals surface area (Å²) < 4.78 is 63.9. The third kappa shape index (κ3) is 14.2. The minimum atomic E-state index is -5.90. The van der Waals surface area contributed by atoms with Gasteiger partial charge in [-0.2, -0.15) is 4.89 Å². The number of nitrogens with zero attached hydrogens (tertiary/aromatic N) is 4. The normalized spacial score (nSPS) is 22.6. The van der Waals surface area contributed by atoms with Crippen molar-refractivity contribution in [1.29, 1.82) is 0 Å². The third-order valence-corrected chi connectivity index (χ3v) is 11.3. The van der Waals surface area contributed by atoms with Crippen LogP contribution in [0.15, 0.2) is 12.7 Å². The van der Waals surface area contributed by atoms with Crippen molar-refractivity contribution in [3.8, 4) is 0 Å². The monoisotopic (exact) mass is 931 g/mol. The molecule has 9 unspecified atom stereocenters. The summed E-state index contributed by atoms with van der Waals surface area (Å²) in [4.78, 5) is 90.8. The summed E-state index contributed by atoms with van der Waals surface area (Å²) in [6.45, 7) is 3.14. The number of phosphoric acid groups is 3. The fourth-order valence-corrected chi connectivity index (χ4v) is 7.30. The maximum atomic E-state index is 12.5. The van der Waals surface area contributed by atoms with Gasteiger partial charge < -0.3 is 61.3 Å². The van der Waals surface area contributed by atoms with Crippen LogP contribution in [0.5, 0.6) is 0 Å². The number of ether oxygens (including phenoxy) is 1. The van der Waals surface area contributed by atoms with Gasteiger partial charge in [0.25, 0.3) is 0 Å². The summed E-state index contributed by atoms with van der Waals surface area (Å²) in [6.07, 6.45) is -8.73. The molecule has 336 valence electrons. The molecular weight excluding hydrogens is 887 g/mol. The van der Waals surface area contributed by atoms with Gasteiger partial charge in [0.1, 0.15) is 36.3 Å². The zero-order chi connectivity index (χ0) is 44.7. The number of aliphatic hydroxyl groups is 5. The minimum absolute atomic E-state index is 0.0139. The van der Waals surface area contributed by atoms with E-state index in [-0.39, 0.29) is 47.4 Å². The van der Waals surface area contributed by atoms with Crippen LogP contribution in [0, 0.1) is 11.3 Å². The topological polar surface area (TPSA) is 443 Å². The summed E-state index contributed by atoms with van der Waals surface area (Å²) >= 11 is 0.903. The zero-order valence-electron chi connectivity index (χ0n) is 31.2. The van der Waals surface area contributed by atoms with Crippen LogP contribution < -0.4 is 16.4 Å². The molecule has 0 aromatic carbocycles. The number of imidazole rings is 1. The van der Waals surface area contributed by atoms with Gasteiger partial charge in [0, 0.05) is 25.3 Å². The fourth-order valence-electron chi connectivity index (χ4n) is 4.58. The highest BCUT2D eigenvalue weighted by Gasteiger charge is 2.54. The van der Waals surface area contributed by atoms with Crippen LogP contribution in [0.25, 0.3) is 11.2 Å². The van der Waals surface area contributed by atoms with E-state index in [1.165, 1.54) is 6.92 Å². The summed E-state index contributed by atoms with van der Waals surface area (Å²) in [5.41, 5.74) is 3.26. The lowest BCUT2D eigenvalue weighted by molar-refractivity contribution is -0.496. The Balaban J connectivity index is 1.50. The van der Waals surface area contributed by atoms with Crippen LogP contribution in [-0.2, 0) is 60.8 Å². The second-order valence-electron chi connectivity index (χ2n) is 13.1. The molecule has 1 saturated heterocycles. The molecule has 29 nitrogen and oxygen atoms in total. The van der Waals surface area contributed by atoms with Crippen molar-refractivity contribution in [1.82, 2.24) is 30.2 Å². The first kappa shape index (κ1) is 50.7. The summed E-state index contributed by atoms with van der Waals surface area (Å²) in [5.74, 6) is -6.15. The van der Waals surface area contributed by atoms with Gasteiger partial charge in [0.05, 0.1) is 30.4 Å². The number of fused-ring (bicyclic) bond motifs is 1. The van der Waals surface area contributed by atoms with Crippen molar-refractivity contribution in [3.63, 3.8) is 0 Å². The fraction of sp³-hybridized carbons (Fsp3) is 0.692. The number of anilines is 1. The molecule has 0 radical (unpaired) electrons. The number of carbonyl (C=O) groups is 3. The molecule has 1 fully saturated rings. The van der Waals surface area contributed by atoms with E-state index < -0.39 is 95.9 Å². The Morgan fingerprint density at radius 3 is 2.27 bits per heavy atom. The SMILES string of the molecule is CC(O)C(C)C(=O)SCCNC(=O)CCNC(=O)C(O)C(C)(C)C(O)(O)OOP(=O)(O)OOP(=O)(O)OCC1OC(n2cnc3c(N)ncnc32)C(O)C1OP(=O)(O)O. The van der Waals surface area contributed by atoms with E-state index in [4.69, 9.17) is 10.5 Å². The number of hydrogen-bond acceptors (Lipinski definition) is 23. The Hall–Kier alpha value is -2.64. The second-order valence-corrected chi connectivity index (χ2v) is 17.9. The standard InChI is InChI=1S/C26H44N7O22P3S/c1-12(13(2)34)24(39)59-8-7-28-15(35)5-6-29-22(38)19(37)25(3,4)26(40,41)52-53-58(47,48)55-54-57(45,46)49-9-14-18(51-56(42,43)44)17(36)23(50-14)33-11-32-16-20(27)30-10-31-21(16)33/h10-14,17-19,23,34,36-37,40-41H,5-9H2,1-4H3,(H,28,35)(H,29,38)(H,45,46)(H,47,48)(H2,27,30,31)(H2,42,43,44). The van der Waals surface area contributed by atoms with Crippen LogP contribution in [0.2, 0.25) is 0 Å². The van der Waals surface area contributed by atoms with Gasteiger partial charge in [0.15, 0.2) is 22.8 Å². The number of thioether (sulfide) groups is 1. The molecule has 3 heterocycles. The van der Waals surface area contributed by atoms with Gasteiger partial charge in [-0.1, -0.05) is 18.7 Å². The van der Waals surface area contributed by atoms with Crippen molar-refractivity contribution in [2.75, 3.05) is 31.2 Å². The number of carbonyl (C=O) groups excluding carboxylic acids is 3. The molecule has 59 heavy (non-hydrogen) atoms. The number of nitrogen functional groups attached to an aromatic ring is 1. The molecule has 2 aromatic rings. The van der Waals surface area contributed by atoms with Crippen molar-refractivity contribution in [3.05, 3.63) is 12.7 Å². The van der Waals surface area contributed by atoms with E-state index >= 15 is 0 Å². The number of nitrogens with two attached hydrogens (primary N) is 1. The Morgan fingerprint density at radius 1 is 1.00 bits per heavy atom. The highest BCUT2D eigenvalue weighted by atomic mass is 32.2. The van der Waals surface area contributed by atoms with E-state index in [2.05, 4.69) is 53.5 Å². The number of aliphatic hydroxyl groups excluding tert-OH is 3. The van der Waals surface area contributed by atoms with Crippen LogP contribution in [0.4, 0.5) is 5.82 Å². The third-order valence-electron chi connectivity index (χ3n) is 8.29. The van der Waals surface area contributed by atoms with Crippen molar-refractivity contribution in [2.24, 2.45) is 11.3 Å². The van der Waals surface area contributed by atoms with Crippen LogP contribution in [0.1, 0.15) is 40.3 Å². The molecule has 0 saturated carbocycles. The Kier molecular flexibility index (Phi) is 17.6. The first-order valence-electron chi connectivity index (χ1n) is 16.7. The highest BCUT2D eigenvalue weighted by Crippen LogP contribution is 2.54. The van der Waals surface area contributed by atoms with Crippen molar-refractivity contribution < 1.29 is 106 Å². The Bertz CT molecular complexity index is 1930. The average molecular weight is 932 g/mol. The molecule has 3 rings (SSSR count).